The number of aromatic nitrogens is 3. The largest absolute Gasteiger partial charge is 0.466 e. The van der Waals surface area contributed by atoms with Crippen LogP contribution >= 0.6 is 0 Å². The number of carbonyl (C=O) groups excluding carboxylic acids is 2. The number of rotatable bonds is 4. The molecule has 0 radical (unpaired) electrons. The molecule has 0 aliphatic carbocycles. The molecular formula is C17H15N3O5. The lowest BCUT2D eigenvalue weighted by atomic mass is 10.1. The van der Waals surface area contributed by atoms with Crippen molar-refractivity contribution in [3.63, 3.8) is 0 Å². The van der Waals surface area contributed by atoms with Crippen LogP contribution in [0.2, 0.25) is 0 Å². The molecule has 128 valence electrons. The number of aromatic amines is 2. The van der Waals surface area contributed by atoms with Gasteiger partial charge >= 0.3 is 11.9 Å². The minimum Gasteiger partial charge on any atom is -0.466 e. The molecule has 0 aliphatic heterocycles. The first-order valence-corrected chi connectivity index (χ1v) is 7.31. The van der Waals surface area contributed by atoms with Crippen LogP contribution < -0.4 is 5.56 Å². The third-order valence-electron chi connectivity index (χ3n) is 3.71. The molecule has 0 unspecified atom stereocenters. The van der Waals surface area contributed by atoms with E-state index in [-0.39, 0.29) is 5.70 Å². The highest BCUT2D eigenvalue weighted by atomic mass is 16.5. The maximum absolute atomic E-state index is 12.4. The Labute approximate surface area is 141 Å². The van der Waals surface area contributed by atoms with E-state index in [0.717, 1.165) is 21.7 Å². The van der Waals surface area contributed by atoms with Gasteiger partial charge in [-0.15, -0.1) is 0 Å². The zero-order valence-electron chi connectivity index (χ0n) is 13.5. The molecule has 0 aliphatic rings. The molecule has 0 saturated carbocycles. The van der Waals surface area contributed by atoms with Crippen molar-refractivity contribution in [2.45, 2.75) is 0 Å². The summed E-state index contributed by atoms with van der Waals surface area (Å²) in [5, 5.41) is 3.38. The predicted octanol–water partition coefficient (Wildman–Crippen LogP) is 1.51. The van der Waals surface area contributed by atoms with E-state index in [0.29, 0.717) is 11.1 Å². The molecule has 3 rings (SSSR count). The summed E-state index contributed by atoms with van der Waals surface area (Å²) in [7, 11) is 2.36. The molecule has 0 fully saturated rings. The van der Waals surface area contributed by atoms with E-state index < -0.39 is 17.5 Å². The molecule has 0 saturated heterocycles. The zero-order valence-corrected chi connectivity index (χ0v) is 13.5. The molecule has 25 heavy (non-hydrogen) atoms. The summed E-state index contributed by atoms with van der Waals surface area (Å²) in [5.41, 5.74) is 1.32. The van der Waals surface area contributed by atoms with Gasteiger partial charge in [-0.2, -0.15) is 0 Å². The Morgan fingerprint density at radius 1 is 1.12 bits per heavy atom. The number of benzene rings is 1. The number of ether oxygens (including phenoxy) is 2. The molecule has 2 aromatic heterocycles. The van der Waals surface area contributed by atoms with Crippen LogP contribution in [0.5, 0.6) is 0 Å². The fourth-order valence-corrected chi connectivity index (χ4v) is 2.51. The monoisotopic (exact) mass is 341 g/mol. The summed E-state index contributed by atoms with van der Waals surface area (Å²) < 4.78 is 10.3. The van der Waals surface area contributed by atoms with Gasteiger partial charge in [-0.3, -0.25) is 14.6 Å². The molecule has 2 heterocycles. The lowest BCUT2D eigenvalue weighted by Crippen LogP contribution is -2.15. The van der Waals surface area contributed by atoms with Gasteiger partial charge in [0, 0.05) is 28.9 Å². The number of H-pyrrole nitrogens is 2. The molecule has 2 N–H and O–H groups in total. The maximum atomic E-state index is 12.4. The second kappa shape index (κ2) is 6.52. The Morgan fingerprint density at radius 2 is 1.88 bits per heavy atom. The van der Waals surface area contributed by atoms with E-state index in [2.05, 4.69) is 19.6 Å². The van der Waals surface area contributed by atoms with Gasteiger partial charge in [0.1, 0.15) is 0 Å². The van der Waals surface area contributed by atoms with Gasteiger partial charge in [-0.05, 0) is 6.07 Å². The van der Waals surface area contributed by atoms with Crippen molar-refractivity contribution in [3.8, 4) is 11.1 Å². The zero-order chi connectivity index (χ0) is 18.0. The molecule has 8 nitrogen and oxygen atoms in total. The summed E-state index contributed by atoms with van der Waals surface area (Å²) >= 11 is 0. The quantitative estimate of drug-likeness (QED) is 0.553. The lowest BCUT2D eigenvalue weighted by molar-refractivity contribution is -0.137. The Balaban J connectivity index is 2.13. The Kier molecular flexibility index (Phi) is 4.25. The van der Waals surface area contributed by atoms with Crippen molar-refractivity contribution < 1.29 is 19.1 Å². The number of para-hydroxylation sites is 1. The minimum atomic E-state index is -0.790. The predicted molar refractivity (Wildman–Crippen MR) is 90.7 cm³/mol. The summed E-state index contributed by atoms with van der Waals surface area (Å²) in [4.78, 5) is 38.9. The maximum Gasteiger partial charge on any atom is 0.356 e. The van der Waals surface area contributed by atoms with E-state index in [1.54, 1.807) is 6.20 Å². The van der Waals surface area contributed by atoms with Crippen LogP contribution in [-0.4, -0.2) is 40.9 Å². The van der Waals surface area contributed by atoms with Crippen LogP contribution in [-0.2, 0) is 19.1 Å². The van der Waals surface area contributed by atoms with Crippen molar-refractivity contribution in [2.75, 3.05) is 14.2 Å². The van der Waals surface area contributed by atoms with Gasteiger partial charge in [-0.1, -0.05) is 18.2 Å². The van der Waals surface area contributed by atoms with Gasteiger partial charge in [0.15, 0.2) is 5.70 Å². The highest BCUT2D eigenvalue weighted by Gasteiger charge is 2.19. The number of nitrogens with one attached hydrogen (secondary N) is 2. The van der Waals surface area contributed by atoms with Crippen LogP contribution in [0.3, 0.4) is 0 Å². The SMILES string of the molecule is COC(=O)/C=C(\C(=O)OC)n1cc(-c2c[nH]c3ccccc23)c(=O)[nH]1. The topological polar surface area (TPSA) is 106 Å². The molecule has 0 spiro atoms. The first-order chi connectivity index (χ1) is 12.0. The van der Waals surface area contributed by atoms with Crippen molar-refractivity contribution in [2.24, 2.45) is 0 Å². The van der Waals surface area contributed by atoms with E-state index in [4.69, 9.17) is 0 Å². The lowest BCUT2D eigenvalue weighted by Gasteiger charge is -2.05. The van der Waals surface area contributed by atoms with Gasteiger partial charge in [0.05, 0.1) is 25.9 Å². The molecule has 8 heteroatoms. The average molecular weight is 341 g/mol. The summed E-state index contributed by atoms with van der Waals surface area (Å²) in [5.74, 6) is -1.54. The highest BCUT2D eigenvalue weighted by Crippen LogP contribution is 2.26. The molecule has 0 bridgehead atoms. The average Bonchev–Trinajstić information content (AvgIpc) is 3.21. The molecule has 0 atom stereocenters. The van der Waals surface area contributed by atoms with E-state index >= 15 is 0 Å². The third-order valence-corrected chi connectivity index (χ3v) is 3.71. The standard InChI is InChI=1S/C17H15N3O5/c1-24-15(21)7-14(17(23)25-2)20-9-12(16(22)19-20)11-8-18-13-6-4-3-5-10(11)13/h3-9,18H,1-2H3,(H,19,22)/b14-7+. The second-order valence-electron chi connectivity index (χ2n) is 5.15. The number of esters is 2. The highest BCUT2D eigenvalue weighted by molar-refractivity contribution is 6.14. The van der Waals surface area contributed by atoms with Gasteiger partial charge in [0.25, 0.3) is 5.56 Å². The van der Waals surface area contributed by atoms with E-state index in [9.17, 15) is 14.4 Å². The summed E-state index contributed by atoms with van der Waals surface area (Å²) in [6, 6.07) is 7.51. The number of carbonyl (C=O) groups is 2. The normalized spacial score (nSPS) is 11.5. The summed E-state index contributed by atoms with van der Waals surface area (Å²) in [6.45, 7) is 0. The van der Waals surface area contributed by atoms with Gasteiger partial charge < -0.3 is 14.5 Å². The van der Waals surface area contributed by atoms with E-state index in [1.807, 2.05) is 24.3 Å². The van der Waals surface area contributed by atoms with Crippen molar-refractivity contribution in [1.82, 2.24) is 14.8 Å². The van der Waals surface area contributed by atoms with Crippen LogP contribution in [0.1, 0.15) is 0 Å². The van der Waals surface area contributed by atoms with Gasteiger partial charge in [-0.25, -0.2) is 9.59 Å². The van der Waals surface area contributed by atoms with Crippen molar-refractivity contribution in [3.05, 3.63) is 53.1 Å². The van der Waals surface area contributed by atoms with Crippen LogP contribution in [0, 0.1) is 0 Å². The number of hydrogen-bond donors (Lipinski definition) is 2. The minimum absolute atomic E-state index is 0.169. The van der Waals surface area contributed by atoms with Gasteiger partial charge in [0.2, 0.25) is 0 Å². The number of nitrogens with zero attached hydrogens (tertiary/aromatic N) is 1. The van der Waals surface area contributed by atoms with Crippen molar-refractivity contribution in [1.29, 1.82) is 0 Å². The molecule has 3 aromatic rings. The second-order valence-corrected chi connectivity index (χ2v) is 5.15. The van der Waals surface area contributed by atoms with Crippen LogP contribution in [0.4, 0.5) is 0 Å². The summed E-state index contributed by atoms with van der Waals surface area (Å²) in [6.07, 6.45) is 4.09. The van der Waals surface area contributed by atoms with Crippen LogP contribution in [0.25, 0.3) is 27.7 Å². The first-order valence-electron chi connectivity index (χ1n) is 7.31. The number of methoxy groups -OCH3 is 2. The number of fused-ring (bicyclic) bond motifs is 1. The number of hydrogen-bond acceptors (Lipinski definition) is 5. The van der Waals surface area contributed by atoms with Crippen LogP contribution in [0.15, 0.2) is 47.5 Å². The molecule has 0 amide bonds. The smallest absolute Gasteiger partial charge is 0.356 e. The molecule has 1 aromatic carbocycles. The van der Waals surface area contributed by atoms with Crippen molar-refractivity contribution >= 4 is 28.5 Å². The fourth-order valence-electron chi connectivity index (χ4n) is 2.51. The Hall–Kier alpha value is -3.55. The van der Waals surface area contributed by atoms with E-state index in [1.165, 1.54) is 20.4 Å². The molecular weight excluding hydrogens is 326 g/mol. The third kappa shape index (κ3) is 2.97. The Morgan fingerprint density at radius 3 is 2.60 bits per heavy atom. The first kappa shape index (κ1) is 16.3. The fraction of sp³-hybridized carbons (Fsp3) is 0.118. The Bertz CT molecular complexity index is 1040.